The van der Waals surface area contributed by atoms with E-state index >= 15 is 0 Å². The van der Waals surface area contributed by atoms with Crippen LogP contribution in [0.15, 0.2) is 0 Å². The topological polar surface area (TPSA) is 76.1 Å². The quantitative estimate of drug-likeness (QED) is 0.0339. The third-order valence-electron chi connectivity index (χ3n) is 11.9. The van der Waals surface area contributed by atoms with Gasteiger partial charge in [0.1, 0.15) is 0 Å². The Labute approximate surface area is 332 Å². The Balaban J connectivity index is 0.00000150. The van der Waals surface area contributed by atoms with Crippen molar-refractivity contribution in [1.29, 1.82) is 0 Å². The molecule has 0 amide bonds. The van der Waals surface area contributed by atoms with Crippen LogP contribution in [0.25, 0.3) is 0 Å². The molecule has 0 bridgehead atoms. The van der Waals surface area contributed by atoms with Crippen LogP contribution in [0.2, 0.25) is 0 Å². The highest BCUT2D eigenvalue weighted by atomic mass is 32.2. The summed E-state index contributed by atoms with van der Waals surface area (Å²) in [6.07, 6.45) is 29.4. The smallest absolute Gasteiger partial charge is 0.306 e. The molecule has 1 saturated heterocycles. The Bertz CT molecular complexity index is 852. The molecule has 0 aromatic carbocycles. The van der Waals surface area contributed by atoms with Gasteiger partial charge in [0.2, 0.25) is 0 Å². The lowest BCUT2D eigenvalue weighted by Crippen LogP contribution is -2.42. The molecule has 0 spiro atoms. The summed E-state index contributed by atoms with van der Waals surface area (Å²) in [5.41, 5.74) is 0.101. The predicted octanol–water partition coefficient (Wildman–Crippen LogP) is 12.2. The summed E-state index contributed by atoms with van der Waals surface area (Å²) >= 11 is 6.55. The molecule has 52 heavy (non-hydrogen) atoms. The molecule has 1 saturated carbocycles. The summed E-state index contributed by atoms with van der Waals surface area (Å²) < 4.78 is 11.8. The minimum Gasteiger partial charge on any atom is -0.466 e. The molecule has 0 radical (unpaired) electrons. The summed E-state index contributed by atoms with van der Waals surface area (Å²) in [6.45, 7) is 15.4. The minimum absolute atomic E-state index is 0.0240. The number of aliphatic hydroxyl groups excluding tert-OH is 1. The van der Waals surface area contributed by atoms with E-state index in [1.807, 2.05) is 11.8 Å². The molecule has 1 aliphatic heterocycles. The number of thiol groups is 1. The van der Waals surface area contributed by atoms with Crippen LogP contribution in [-0.2, 0) is 19.1 Å². The number of nitrogens with zero attached hydrogens (tertiary/aromatic N) is 1. The first-order chi connectivity index (χ1) is 25.1. The first-order valence-corrected chi connectivity index (χ1v) is 23.6. The second-order valence-corrected chi connectivity index (χ2v) is 18.9. The average Bonchev–Trinajstić information content (AvgIpc) is 3.13. The van der Waals surface area contributed by atoms with E-state index in [1.165, 1.54) is 96.3 Å². The molecule has 6 nitrogen and oxygen atoms in total. The second kappa shape index (κ2) is 31.7. The number of likely N-dealkylation sites (tertiary alicyclic amines) is 1. The Kier molecular flexibility index (Phi) is 30.3. The number of hydrogen-bond acceptors (Lipinski definition) is 8. The molecule has 0 aromatic rings. The highest BCUT2D eigenvalue weighted by Crippen LogP contribution is 2.43. The van der Waals surface area contributed by atoms with E-state index in [0.29, 0.717) is 26.1 Å². The number of unbranched alkanes of at least 4 members (excludes halogenated alkanes) is 11. The second-order valence-electron chi connectivity index (χ2n) is 16.6. The van der Waals surface area contributed by atoms with Crippen molar-refractivity contribution in [2.24, 2.45) is 16.7 Å². The van der Waals surface area contributed by atoms with E-state index in [4.69, 9.17) is 27.2 Å². The molecular weight excluding hydrogens is 687 g/mol. The minimum atomic E-state index is -0.127. The van der Waals surface area contributed by atoms with Gasteiger partial charge in [-0.1, -0.05) is 112 Å². The van der Waals surface area contributed by atoms with Gasteiger partial charge in [-0.25, -0.2) is 0 Å². The first-order valence-electron chi connectivity index (χ1n) is 22.1. The van der Waals surface area contributed by atoms with Crippen molar-refractivity contribution in [2.45, 2.75) is 206 Å². The summed E-state index contributed by atoms with van der Waals surface area (Å²) in [4.78, 5) is 27.9. The Morgan fingerprint density at radius 3 is 1.85 bits per heavy atom. The van der Waals surface area contributed by atoms with Gasteiger partial charge >= 0.3 is 11.9 Å². The Morgan fingerprint density at radius 2 is 1.31 bits per heavy atom. The first kappa shape index (κ1) is 49.6. The maximum atomic E-state index is 12.9. The van der Waals surface area contributed by atoms with Crippen molar-refractivity contribution < 1.29 is 24.2 Å². The van der Waals surface area contributed by atoms with Gasteiger partial charge in [0, 0.05) is 17.6 Å². The molecule has 1 atom stereocenters. The van der Waals surface area contributed by atoms with Crippen LogP contribution in [0.3, 0.4) is 0 Å². The highest BCUT2D eigenvalue weighted by molar-refractivity contribution is 8.10. The number of aliphatic hydroxyl groups is 1. The Morgan fingerprint density at radius 1 is 0.769 bits per heavy atom. The largest absolute Gasteiger partial charge is 0.466 e. The van der Waals surface area contributed by atoms with Crippen LogP contribution in [0.4, 0.5) is 0 Å². The monoisotopic (exact) mass is 772 g/mol. The molecule has 2 fully saturated rings. The standard InChI is InChI=1S/C36H67NO5S2.C8H18/c1-4-6-7-8-9-12-29-44-34(43)14-13-32(39)41-27-21-36(19-24-37(25-20-36)23-10-11-26-38)22-28-42-33(40)30-35(3)17-15-31(5-2)16-18-35;1-3-5-7-8-6-4-2/h31,34,38,43H,4-30H2,1-3H3;3-8H2,1-2H3. The van der Waals surface area contributed by atoms with E-state index in [2.05, 4.69) is 39.5 Å². The van der Waals surface area contributed by atoms with Crippen LogP contribution < -0.4 is 0 Å². The van der Waals surface area contributed by atoms with Gasteiger partial charge in [0.05, 0.1) is 19.6 Å². The lowest BCUT2D eigenvalue weighted by atomic mass is 9.69. The number of thioether (sulfide) groups is 1. The maximum Gasteiger partial charge on any atom is 0.306 e. The number of rotatable bonds is 29. The third kappa shape index (κ3) is 24.9. The van der Waals surface area contributed by atoms with Crippen LogP contribution in [0.5, 0.6) is 0 Å². The van der Waals surface area contributed by atoms with Crippen LogP contribution >= 0.6 is 24.4 Å². The van der Waals surface area contributed by atoms with Gasteiger partial charge in [-0.3, -0.25) is 9.59 Å². The molecular formula is C44H85NO5S2. The lowest BCUT2D eigenvalue weighted by molar-refractivity contribution is -0.148. The SMILES string of the molecule is CCCCCCCC.CCCCCCCCSC(S)CCC(=O)OCCC1(CCOC(=O)CC2(C)CCC(CC)CC2)CCN(CCCCO)CC1. The molecule has 1 N–H and O–H groups in total. The molecule has 0 aromatic heterocycles. The van der Waals surface area contributed by atoms with Crippen molar-refractivity contribution in [3.8, 4) is 0 Å². The zero-order valence-corrected chi connectivity index (χ0v) is 36.6. The molecule has 308 valence electrons. The van der Waals surface area contributed by atoms with Gasteiger partial charge in [0.15, 0.2) is 0 Å². The Hall–Kier alpha value is -0.440. The molecule has 1 aliphatic carbocycles. The fraction of sp³-hybridized carbons (Fsp3) is 0.955. The maximum absolute atomic E-state index is 12.9. The van der Waals surface area contributed by atoms with Crippen LogP contribution in [0, 0.1) is 16.7 Å². The fourth-order valence-electron chi connectivity index (χ4n) is 7.80. The number of carbonyl (C=O) groups is 2. The number of hydrogen-bond donors (Lipinski definition) is 2. The number of esters is 2. The van der Waals surface area contributed by atoms with Crippen LogP contribution in [0.1, 0.15) is 202 Å². The summed E-state index contributed by atoms with van der Waals surface area (Å²) in [7, 11) is 0. The van der Waals surface area contributed by atoms with Gasteiger partial charge in [-0.05, 0) is 119 Å². The molecule has 1 heterocycles. The summed E-state index contributed by atoms with van der Waals surface area (Å²) in [5.74, 6) is 1.74. The van der Waals surface area contributed by atoms with Crippen molar-refractivity contribution in [1.82, 2.24) is 4.90 Å². The van der Waals surface area contributed by atoms with Gasteiger partial charge in [0.25, 0.3) is 0 Å². The van der Waals surface area contributed by atoms with Gasteiger partial charge in [-0.15, -0.1) is 11.8 Å². The predicted molar refractivity (Wildman–Crippen MR) is 227 cm³/mol. The van der Waals surface area contributed by atoms with Crippen molar-refractivity contribution in [2.75, 3.05) is 45.2 Å². The van der Waals surface area contributed by atoms with E-state index in [1.54, 1.807) is 0 Å². The fourth-order valence-corrected chi connectivity index (χ4v) is 9.17. The van der Waals surface area contributed by atoms with Gasteiger partial charge < -0.3 is 19.5 Å². The zero-order chi connectivity index (χ0) is 38.3. The van der Waals surface area contributed by atoms with Crippen LogP contribution in [-0.4, -0.2) is 71.7 Å². The normalized spacial score (nSPS) is 20.9. The zero-order valence-electron chi connectivity index (χ0n) is 34.9. The van der Waals surface area contributed by atoms with E-state index in [0.717, 1.165) is 89.1 Å². The number of carbonyl (C=O) groups excluding carboxylic acids is 2. The highest BCUT2D eigenvalue weighted by Gasteiger charge is 2.36. The van der Waals surface area contributed by atoms with Crippen molar-refractivity contribution in [3.63, 3.8) is 0 Å². The number of ether oxygens (including phenoxy) is 2. The van der Waals surface area contributed by atoms with E-state index < -0.39 is 0 Å². The van der Waals surface area contributed by atoms with Crippen molar-refractivity contribution in [3.05, 3.63) is 0 Å². The average molecular weight is 772 g/mol. The van der Waals surface area contributed by atoms with E-state index in [9.17, 15) is 9.59 Å². The third-order valence-corrected chi connectivity index (χ3v) is 13.8. The molecule has 1 unspecified atom stereocenters. The van der Waals surface area contributed by atoms with Gasteiger partial charge in [-0.2, -0.15) is 12.6 Å². The molecule has 2 rings (SSSR count). The lowest BCUT2D eigenvalue weighted by Gasteiger charge is -2.42. The summed E-state index contributed by atoms with van der Waals surface area (Å²) in [5, 5.41) is 9.15. The van der Waals surface area contributed by atoms with Crippen molar-refractivity contribution >= 4 is 36.3 Å². The molecule has 2 aliphatic rings. The number of piperidine rings is 1. The molecule has 8 heteroatoms. The summed E-state index contributed by atoms with van der Waals surface area (Å²) in [6, 6.07) is 0. The van der Waals surface area contributed by atoms with E-state index in [-0.39, 0.29) is 34.0 Å².